The molecule has 0 aliphatic carbocycles. The lowest BCUT2D eigenvalue weighted by Crippen LogP contribution is -2.49. The molecule has 2 aromatic carbocycles. The maximum atomic E-state index is 13.2. The van der Waals surface area contributed by atoms with E-state index in [0.29, 0.717) is 33.8 Å². The van der Waals surface area contributed by atoms with E-state index in [1.165, 1.54) is 11.8 Å². The van der Waals surface area contributed by atoms with Crippen molar-refractivity contribution >= 4 is 58.4 Å². The van der Waals surface area contributed by atoms with Crippen molar-refractivity contribution in [2.45, 2.75) is 45.0 Å². The van der Waals surface area contributed by atoms with Crippen LogP contribution in [0.25, 0.3) is 0 Å². The monoisotopic (exact) mass is 500 g/mol. The Morgan fingerprint density at radius 2 is 1.77 bits per heavy atom. The predicted molar refractivity (Wildman–Crippen MR) is 132 cm³/mol. The van der Waals surface area contributed by atoms with Gasteiger partial charge in [-0.3, -0.25) is 9.59 Å². The Labute approximate surface area is 203 Å². The van der Waals surface area contributed by atoms with Gasteiger partial charge in [0.15, 0.2) is 0 Å². The van der Waals surface area contributed by atoms with Crippen molar-refractivity contribution in [3.8, 4) is 0 Å². The van der Waals surface area contributed by atoms with Crippen LogP contribution in [0.4, 0.5) is 0 Å². The van der Waals surface area contributed by atoms with Crippen molar-refractivity contribution in [1.82, 2.24) is 10.2 Å². The van der Waals surface area contributed by atoms with Crippen molar-refractivity contribution in [3.05, 3.63) is 68.7 Å². The van der Waals surface area contributed by atoms with Gasteiger partial charge in [0, 0.05) is 33.9 Å². The van der Waals surface area contributed by atoms with Gasteiger partial charge in [-0.1, -0.05) is 72.9 Å². The van der Waals surface area contributed by atoms with E-state index in [1.54, 1.807) is 23.1 Å². The van der Waals surface area contributed by atoms with Crippen molar-refractivity contribution < 1.29 is 9.59 Å². The molecule has 0 fully saturated rings. The molecule has 0 bridgehead atoms. The highest BCUT2D eigenvalue weighted by Crippen LogP contribution is 2.25. The molecule has 0 unspecified atom stereocenters. The van der Waals surface area contributed by atoms with Gasteiger partial charge in [-0.25, -0.2) is 0 Å². The summed E-state index contributed by atoms with van der Waals surface area (Å²) in [6, 6.07) is 12.2. The molecule has 0 aliphatic rings. The fourth-order valence-corrected chi connectivity index (χ4v) is 4.73. The Morgan fingerprint density at radius 3 is 2.42 bits per heavy atom. The van der Waals surface area contributed by atoms with Crippen molar-refractivity contribution in [2.75, 3.05) is 12.3 Å². The zero-order valence-electron chi connectivity index (χ0n) is 17.7. The molecule has 2 aromatic rings. The number of halogens is 3. The van der Waals surface area contributed by atoms with Crippen LogP contribution in [0.1, 0.15) is 37.8 Å². The van der Waals surface area contributed by atoms with Crippen LogP contribution in [0.5, 0.6) is 0 Å². The van der Waals surface area contributed by atoms with Crippen LogP contribution in [0, 0.1) is 0 Å². The maximum Gasteiger partial charge on any atom is 0.242 e. The van der Waals surface area contributed by atoms with Crippen LogP contribution < -0.4 is 5.32 Å². The van der Waals surface area contributed by atoms with Gasteiger partial charge in [0.05, 0.1) is 5.75 Å². The van der Waals surface area contributed by atoms with E-state index in [2.05, 4.69) is 5.32 Å². The Morgan fingerprint density at radius 1 is 1.03 bits per heavy atom. The van der Waals surface area contributed by atoms with Gasteiger partial charge in [0.25, 0.3) is 0 Å². The Hall–Kier alpha value is -1.40. The number of hydrogen-bond acceptors (Lipinski definition) is 3. The Bertz CT molecular complexity index is 895. The number of nitrogens with zero attached hydrogens (tertiary/aromatic N) is 1. The van der Waals surface area contributed by atoms with E-state index in [1.807, 2.05) is 38.1 Å². The summed E-state index contributed by atoms with van der Waals surface area (Å²) in [5.74, 6) is 0.564. The van der Waals surface area contributed by atoms with Gasteiger partial charge in [-0.05, 0) is 42.2 Å². The van der Waals surface area contributed by atoms with Crippen molar-refractivity contribution in [3.63, 3.8) is 0 Å². The number of amides is 2. The smallest absolute Gasteiger partial charge is 0.242 e. The van der Waals surface area contributed by atoms with Gasteiger partial charge >= 0.3 is 0 Å². The van der Waals surface area contributed by atoms with E-state index >= 15 is 0 Å². The largest absolute Gasteiger partial charge is 0.354 e. The van der Waals surface area contributed by atoms with Crippen LogP contribution in [0.2, 0.25) is 15.1 Å². The number of nitrogens with one attached hydrogen (secondary N) is 1. The summed E-state index contributed by atoms with van der Waals surface area (Å²) < 4.78 is 0. The van der Waals surface area contributed by atoms with Crippen molar-refractivity contribution in [1.29, 1.82) is 0 Å². The SMILES string of the molecule is CCCNC(=O)[C@H](CC)N(Cc1ccc(Cl)cc1Cl)C(=O)CSCc1ccccc1Cl. The zero-order chi connectivity index (χ0) is 22.8. The van der Waals surface area contributed by atoms with E-state index in [4.69, 9.17) is 34.8 Å². The minimum absolute atomic E-state index is 0.124. The molecular weight excluding hydrogens is 475 g/mol. The molecule has 0 saturated heterocycles. The number of thioether (sulfide) groups is 1. The van der Waals surface area contributed by atoms with Crippen LogP contribution in [-0.4, -0.2) is 35.1 Å². The minimum atomic E-state index is -0.577. The third kappa shape index (κ3) is 7.90. The molecule has 168 valence electrons. The highest BCUT2D eigenvalue weighted by Gasteiger charge is 2.28. The second-order valence-corrected chi connectivity index (χ2v) is 9.29. The lowest BCUT2D eigenvalue weighted by molar-refractivity contribution is -0.139. The number of rotatable bonds is 11. The third-order valence-electron chi connectivity index (χ3n) is 4.73. The molecule has 2 amide bonds. The van der Waals surface area contributed by atoms with Gasteiger partial charge in [-0.15, -0.1) is 11.8 Å². The maximum absolute atomic E-state index is 13.2. The highest BCUT2D eigenvalue weighted by atomic mass is 35.5. The number of hydrogen-bond donors (Lipinski definition) is 1. The fraction of sp³-hybridized carbons (Fsp3) is 0.391. The topological polar surface area (TPSA) is 49.4 Å². The first-order chi connectivity index (χ1) is 14.9. The van der Waals surface area contributed by atoms with E-state index in [9.17, 15) is 9.59 Å². The second-order valence-electron chi connectivity index (χ2n) is 7.06. The van der Waals surface area contributed by atoms with E-state index in [-0.39, 0.29) is 24.1 Å². The summed E-state index contributed by atoms with van der Waals surface area (Å²) in [5, 5.41) is 4.58. The van der Waals surface area contributed by atoms with E-state index in [0.717, 1.165) is 17.5 Å². The summed E-state index contributed by atoms with van der Waals surface area (Å²) in [6.07, 6.45) is 1.33. The van der Waals surface area contributed by atoms with Gasteiger partial charge in [0.1, 0.15) is 6.04 Å². The first-order valence-corrected chi connectivity index (χ1v) is 12.5. The standard InChI is InChI=1S/C23H27Cl3N2O2S/c1-3-11-27-23(30)21(4-2)28(13-16-9-10-18(24)12-20(16)26)22(29)15-31-14-17-7-5-6-8-19(17)25/h5-10,12,21H,3-4,11,13-15H2,1-2H3,(H,27,30)/t21-/m0/s1. The summed E-state index contributed by atoms with van der Waals surface area (Å²) in [5.41, 5.74) is 1.72. The fourth-order valence-electron chi connectivity index (χ4n) is 3.07. The lowest BCUT2D eigenvalue weighted by atomic mass is 10.1. The molecule has 8 heteroatoms. The molecule has 31 heavy (non-hydrogen) atoms. The quantitative estimate of drug-likeness (QED) is 0.398. The summed E-state index contributed by atoms with van der Waals surface area (Å²) in [4.78, 5) is 27.6. The first kappa shape index (κ1) is 25.9. The average molecular weight is 502 g/mol. The minimum Gasteiger partial charge on any atom is -0.354 e. The molecule has 0 aromatic heterocycles. The molecule has 0 saturated carbocycles. The highest BCUT2D eigenvalue weighted by molar-refractivity contribution is 7.99. The van der Waals surface area contributed by atoms with Gasteiger partial charge < -0.3 is 10.2 Å². The number of carbonyl (C=O) groups is 2. The molecule has 0 radical (unpaired) electrons. The Balaban J connectivity index is 2.17. The molecule has 1 atom stereocenters. The van der Waals surface area contributed by atoms with E-state index < -0.39 is 6.04 Å². The lowest BCUT2D eigenvalue weighted by Gasteiger charge is -2.31. The first-order valence-electron chi connectivity index (χ1n) is 10.2. The zero-order valence-corrected chi connectivity index (χ0v) is 20.8. The van der Waals surface area contributed by atoms with Crippen LogP contribution in [0.3, 0.4) is 0 Å². The van der Waals surface area contributed by atoms with Gasteiger partial charge in [-0.2, -0.15) is 0 Å². The predicted octanol–water partition coefficient (Wildman–Crippen LogP) is 6.21. The van der Waals surface area contributed by atoms with Gasteiger partial charge in [0.2, 0.25) is 11.8 Å². The van der Waals surface area contributed by atoms with Crippen LogP contribution in [0.15, 0.2) is 42.5 Å². The number of carbonyl (C=O) groups excluding carboxylic acids is 2. The molecule has 0 spiro atoms. The Kier molecular flexibility index (Phi) is 11.0. The summed E-state index contributed by atoms with van der Waals surface area (Å²) in [7, 11) is 0. The summed E-state index contributed by atoms with van der Waals surface area (Å²) >= 11 is 20.0. The van der Waals surface area contributed by atoms with Crippen LogP contribution in [-0.2, 0) is 21.9 Å². The number of benzene rings is 2. The molecular formula is C23H27Cl3N2O2S. The molecule has 0 heterocycles. The third-order valence-corrected chi connectivity index (χ3v) is 6.65. The average Bonchev–Trinajstić information content (AvgIpc) is 2.74. The molecule has 4 nitrogen and oxygen atoms in total. The molecule has 1 N–H and O–H groups in total. The molecule has 0 aliphatic heterocycles. The molecule has 2 rings (SSSR count). The normalized spacial score (nSPS) is 11.8. The second kappa shape index (κ2) is 13.2. The van der Waals surface area contributed by atoms with Crippen LogP contribution >= 0.6 is 46.6 Å². The van der Waals surface area contributed by atoms with Crippen molar-refractivity contribution in [2.24, 2.45) is 0 Å². The summed E-state index contributed by atoms with van der Waals surface area (Å²) in [6.45, 7) is 4.69.